The Morgan fingerprint density at radius 1 is 1.21 bits per heavy atom. The maximum Gasteiger partial charge on any atom is 0.263 e. The van der Waals surface area contributed by atoms with Gasteiger partial charge in [-0.05, 0) is 43.3 Å². The summed E-state index contributed by atoms with van der Waals surface area (Å²) < 4.78 is 3.34. The Morgan fingerprint density at radius 3 is 2.66 bits per heavy atom. The second-order valence-electron chi connectivity index (χ2n) is 6.47. The molecule has 2 aromatic heterocycles. The summed E-state index contributed by atoms with van der Waals surface area (Å²) in [6.45, 7) is 5.86. The number of halogens is 1. The highest BCUT2D eigenvalue weighted by molar-refractivity contribution is 8.00. The van der Waals surface area contributed by atoms with Crippen LogP contribution < -0.4 is 5.56 Å². The molecule has 0 aliphatic heterocycles. The summed E-state index contributed by atoms with van der Waals surface area (Å²) in [5.41, 5.74) is 1.13. The van der Waals surface area contributed by atoms with Gasteiger partial charge in [0.05, 0.1) is 16.2 Å². The van der Waals surface area contributed by atoms with Crippen molar-refractivity contribution in [3.05, 3.63) is 82.1 Å². The number of nitrogens with zero attached hydrogens (tertiary/aromatic N) is 4. The normalized spacial score (nSPS) is 12.3. The third-order valence-electron chi connectivity index (χ3n) is 4.57. The van der Waals surface area contributed by atoms with Crippen molar-refractivity contribution in [1.29, 1.82) is 0 Å². The van der Waals surface area contributed by atoms with Crippen LogP contribution in [0.4, 0.5) is 0 Å². The molecule has 0 bridgehead atoms. The van der Waals surface area contributed by atoms with Crippen molar-refractivity contribution in [3.63, 3.8) is 0 Å². The van der Waals surface area contributed by atoms with E-state index in [0.717, 1.165) is 0 Å². The van der Waals surface area contributed by atoms with E-state index in [0.29, 0.717) is 39.0 Å². The van der Waals surface area contributed by atoms with Crippen LogP contribution in [0.1, 0.15) is 17.3 Å². The van der Waals surface area contributed by atoms with Crippen LogP contribution >= 0.6 is 23.4 Å². The first-order valence-electron chi connectivity index (χ1n) is 8.95. The van der Waals surface area contributed by atoms with Gasteiger partial charge in [-0.3, -0.25) is 18.6 Å². The van der Waals surface area contributed by atoms with Gasteiger partial charge in [-0.1, -0.05) is 41.6 Å². The first-order valence-corrected chi connectivity index (χ1v) is 10.2. The van der Waals surface area contributed by atoms with Crippen LogP contribution in [-0.4, -0.2) is 30.2 Å². The van der Waals surface area contributed by atoms with E-state index >= 15 is 0 Å². The molecule has 0 N–H and O–H groups in total. The standard InChI is InChI=1S/C21H17ClN4O2S/c1-3-12-25-19(28)16-6-4-5-7-17(16)26-20(25)23-24-21(26)29-13(2)18(27)14-8-10-15(22)11-9-14/h3-11,13H,1,12H2,2H3. The van der Waals surface area contributed by atoms with Crippen LogP contribution in [0.5, 0.6) is 0 Å². The minimum Gasteiger partial charge on any atom is -0.293 e. The third kappa shape index (κ3) is 3.47. The number of carbonyl (C=O) groups is 1. The molecule has 8 heteroatoms. The van der Waals surface area contributed by atoms with Crippen LogP contribution in [0.2, 0.25) is 5.02 Å². The number of thioether (sulfide) groups is 1. The van der Waals surface area contributed by atoms with Crippen LogP contribution in [0.3, 0.4) is 0 Å². The Bertz CT molecular complexity index is 1290. The van der Waals surface area contributed by atoms with Crippen molar-refractivity contribution in [1.82, 2.24) is 19.2 Å². The van der Waals surface area contributed by atoms with Gasteiger partial charge in [-0.15, -0.1) is 16.8 Å². The summed E-state index contributed by atoms with van der Waals surface area (Å²) >= 11 is 7.21. The topological polar surface area (TPSA) is 69.3 Å². The van der Waals surface area contributed by atoms with E-state index < -0.39 is 5.25 Å². The quantitative estimate of drug-likeness (QED) is 0.263. The highest BCUT2D eigenvalue weighted by Gasteiger charge is 2.22. The average molecular weight is 425 g/mol. The molecule has 4 rings (SSSR count). The molecule has 0 amide bonds. The lowest BCUT2D eigenvalue weighted by molar-refractivity contribution is 0.0994. The predicted octanol–water partition coefficient (Wildman–Crippen LogP) is 4.25. The van der Waals surface area contributed by atoms with Crippen molar-refractivity contribution < 1.29 is 4.79 Å². The van der Waals surface area contributed by atoms with E-state index in [1.165, 1.54) is 16.3 Å². The van der Waals surface area contributed by atoms with Gasteiger partial charge in [0, 0.05) is 17.1 Å². The highest BCUT2D eigenvalue weighted by Crippen LogP contribution is 2.27. The minimum atomic E-state index is -0.401. The summed E-state index contributed by atoms with van der Waals surface area (Å²) in [7, 11) is 0. The molecule has 0 fully saturated rings. The van der Waals surface area contributed by atoms with Crippen LogP contribution in [0.15, 0.2) is 71.1 Å². The number of benzene rings is 2. The SMILES string of the molecule is C=CCn1c(=O)c2ccccc2n2c(SC(C)C(=O)c3ccc(Cl)cc3)nnc12. The zero-order chi connectivity index (χ0) is 20.5. The Kier molecular flexibility index (Phi) is 5.25. The predicted molar refractivity (Wildman–Crippen MR) is 116 cm³/mol. The fourth-order valence-electron chi connectivity index (χ4n) is 3.16. The molecular weight excluding hydrogens is 408 g/mol. The molecule has 4 aromatic rings. The second kappa shape index (κ2) is 7.85. The zero-order valence-electron chi connectivity index (χ0n) is 15.6. The van der Waals surface area contributed by atoms with E-state index in [-0.39, 0.29) is 11.3 Å². The number of carbonyl (C=O) groups excluding carboxylic acids is 1. The Balaban J connectivity index is 1.80. The molecule has 0 aliphatic rings. The fourth-order valence-corrected chi connectivity index (χ4v) is 4.22. The number of rotatable bonds is 6. The Hall–Kier alpha value is -2.90. The number of aromatic nitrogens is 4. The number of hydrogen-bond acceptors (Lipinski definition) is 5. The monoisotopic (exact) mass is 424 g/mol. The second-order valence-corrected chi connectivity index (χ2v) is 8.22. The molecular formula is C21H17ClN4O2S. The molecule has 0 saturated carbocycles. The third-order valence-corrected chi connectivity index (χ3v) is 5.86. The van der Waals surface area contributed by atoms with Crippen LogP contribution in [-0.2, 0) is 6.54 Å². The molecule has 146 valence electrons. The lowest BCUT2D eigenvalue weighted by Crippen LogP contribution is -2.23. The Morgan fingerprint density at radius 2 is 1.93 bits per heavy atom. The van der Waals surface area contributed by atoms with Crippen molar-refractivity contribution in [2.75, 3.05) is 0 Å². The summed E-state index contributed by atoms with van der Waals surface area (Å²) in [5, 5.41) is 9.77. The van der Waals surface area contributed by atoms with Gasteiger partial charge in [-0.25, -0.2) is 0 Å². The summed E-state index contributed by atoms with van der Waals surface area (Å²) in [6.07, 6.45) is 1.64. The molecule has 0 radical (unpaired) electrons. The first kappa shape index (κ1) is 19.4. The van der Waals surface area contributed by atoms with Gasteiger partial charge in [0.25, 0.3) is 5.56 Å². The number of para-hydroxylation sites is 1. The number of hydrogen-bond donors (Lipinski definition) is 0. The highest BCUT2D eigenvalue weighted by atomic mass is 35.5. The fraction of sp³-hybridized carbons (Fsp3) is 0.143. The maximum absolute atomic E-state index is 12.8. The summed E-state index contributed by atoms with van der Waals surface area (Å²) in [4.78, 5) is 25.7. The van der Waals surface area contributed by atoms with Gasteiger partial charge in [0.2, 0.25) is 5.78 Å². The van der Waals surface area contributed by atoms with E-state index in [4.69, 9.17) is 11.6 Å². The van der Waals surface area contributed by atoms with Crippen molar-refractivity contribution in [3.8, 4) is 0 Å². The largest absolute Gasteiger partial charge is 0.293 e. The number of fused-ring (bicyclic) bond motifs is 3. The van der Waals surface area contributed by atoms with Gasteiger partial charge in [0.1, 0.15) is 0 Å². The van der Waals surface area contributed by atoms with Gasteiger partial charge >= 0.3 is 0 Å². The van der Waals surface area contributed by atoms with Crippen molar-refractivity contribution in [2.24, 2.45) is 0 Å². The molecule has 1 atom stereocenters. The molecule has 0 spiro atoms. The van der Waals surface area contributed by atoms with E-state index in [1.807, 2.05) is 29.5 Å². The molecule has 2 aromatic carbocycles. The van der Waals surface area contributed by atoms with Gasteiger partial charge in [0.15, 0.2) is 10.9 Å². The van der Waals surface area contributed by atoms with E-state index in [9.17, 15) is 9.59 Å². The minimum absolute atomic E-state index is 0.0351. The molecule has 0 saturated heterocycles. The lowest BCUT2D eigenvalue weighted by atomic mass is 10.1. The first-order chi connectivity index (χ1) is 14.0. The maximum atomic E-state index is 12.8. The van der Waals surface area contributed by atoms with Gasteiger partial charge in [-0.2, -0.15) is 0 Å². The average Bonchev–Trinajstić information content (AvgIpc) is 3.14. The Labute approximate surface area is 175 Å². The van der Waals surface area contributed by atoms with Crippen molar-refractivity contribution in [2.45, 2.75) is 23.9 Å². The number of Topliss-reactive ketones (excluding diaryl/α,β-unsaturated/α-hetero) is 1. The number of ketones is 1. The summed E-state index contributed by atoms with van der Waals surface area (Å²) in [5.74, 6) is 0.384. The summed E-state index contributed by atoms with van der Waals surface area (Å²) in [6, 6.07) is 14.1. The van der Waals surface area contributed by atoms with E-state index in [1.54, 1.807) is 36.4 Å². The number of allylic oxidation sites excluding steroid dienone is 1. The van der Waals surface area contributed by atoms with E-state index in [2.05, 4.69) is 16.8 Å². The molecule has 6 nitrogen and oxygen atoms in total. The molecule has 1 unspecified atom stereocenters. The molecule has 0 aliphatic carbocycles. The smallest absolute Gasteiger partial charge is 0.263 e. The van der Waals surface area contributed by atoms with Crippen molar-refractivity contribution >= 4 is 45.8 Å². The van der Waals surface area contributed by atoms with Crippen LogP contribution in [0.25, 0.3) is 16.7 Å². The lowest BCUT2D eigenvalue weighted by Gasteiger charge is -2.12. The van der Waals surface area contributed by atoms with Gasteiger partial charge < -0.3 is 0 Å². The zero-order valence-corrected chi connectivity index (χ0v) is 17.2. The van der Waals surface area contributed by atoms with Crippen LogP contribution in [0, 0.1) is 0 Å². The molecule has 2 heterocycles. The molecule has 29 heavy (non-hydrogen) atoms.